The molecule has 0 heterocycles. The second kappa shape index (κ2) is 6.11. The van der Waals surface area contributed by atoms with Crippen molar-refractivity contribution in [1.29, 1.82) is 0 Å². The molecular weight excluding hydrogens is 315 g/mol. The van der Waals surface area contributed by atoms with Crippen LogP contribution in [0.5, 0.6) is 0 Å². The number of halogens is 2. The van der Waals surface area contributed by atoms with E-state index in [2.05, 4.69) is 5.32 Å². The molecule has 1 N–H and O–H groups in total. The maximum atomic E-state index is 12.2. The van der Waals surface area contributed by atoms with Crippen LogP contribution in [-0.2, 0) is 0 Å². The molecule has 0 spiro atoms. The van der Waals surface area contributed by atoms with Gasteiger partial charge in [-0.05, 0) is 18.6 Å². The van der Waals surface area contributed by atoms with E-state index in [0.29, 0.717) is 5.69 Å². The highest BCUT2D eigenvalue weighted by atomic mass is 35.5. The number of non-ortho nitro benzene ring substituents is 1. The highest BCUT2D eigenvalue weighted by Crippen LogP contribution is 2.31. The summed E-state index contributed by atoms with van der Waals surface area (Å²) in [7, 11) is 0. The molecule has 0 aliphatic rings. The highest BCUT2D eigenvalue weighted by Gasteiger charge is 2.19. The van der Waals surface area contributed by atoms with Crippen LogP contribution < -0.4 is 5.32 Å². The Bertz CT molecular complexity index is 732. The number of nitro benzene ring substituents is 1. The normalized spacial score (nSPS) is 10.2. The van der Waals surface area contributed by atoms with Crippen molar-refractivity contribution in [1.82, 2.24) is 0 Å². The second-order valence-corrected chi connectivity index (χ2v) is 5.10. The number of carbonyl (C=O) groups is 1. The lowest BCUT2D eigenvalue weighted by molar-refractivity contribution is -0.384. The van der Waals surface area contributed by atoms with Gasteiger partial charge in [0.25, 0.3) is 11.6 Å². The molecule has 0 saturated heterocycles. The Labute approximate surface area is 130 Å². The molecule has 0 fully saturated rings. The van der Waals surface area contributed by atoms with Gasteiger partial charge in [-0.3, -0.25) is 14.9 Å². The highest BCUT2D eigenvalue weighted by molar-refractivity contribution is 6.44. The van der Waals surface area contributed by atoms with E-state index in [9.17, 15) is 14.9 Å². The zero-order valence-corrected chi connectivity index (χ0v) is 12.4. The lowest BCUT2D eigenvalue weighted by Crippen LogP contribution is -2.13. The quantitative estimate of drug-likeness (QED) is 0.669. The van der Waals surface area contributed by atoms with Crippen molar-refractivity contribution < 1.29 is 9.72 Å². The number of anilines is 1. The maximum Gasteiger partial charge on any atom is 0.271 e. The molecule has 5 nitrogen and oxygen atoms in total. The molecule has 2 aromatic carbocycles. The van der Waals surface area contributed by atoms with E-state index in [-0.39, 0.29) is 21.3 Å². The first-order chi connectivity index (χ1) is 9.90. The van der Waals surface area contributed by atoms with Crippen molar-refractivity contribution in [3.63, 3.8) is 0 Å². The number of benzene rings is 2. The number of nitrogens with zero attached hydrogens (tertiary/aromatic N) is 1. The van der Waals surface area contributed by atoms with Gasteiger partial charge in [0.2, 0.25) is 0 Å². The topological polar surface area (TPSA) is 72.2 Å². The Kier molecular flexibility index (Phi) is 4.45. The molecule has 0 bridgehead atoms. The molecule has 0 saturated carbocycles. The third kappa shape index (κ3) is 3.32. The summed E-state index contributed by atoms with van der Waals surface area (Å²) < 4.78 is 0. The summed E-state index contributed by atoms with van der Waals surface area (Å²) in [5.41, 5.74) is 1.12. The third-order valence-electron chi connectivity index (χ3n) is 2.86. The van der Waals surface area contributed by atoms with Gasteiger partial charge in [0.1, 0.15) is 0 Å². The van der Waals surface area contributed by atoms with Gasteiger partial charge in [0, 0.05) is 17.8 Å². The van der Waals surface area contributed by atoms with E-state index in [1.165, 1.54) is 0 Å². The number of para-hydroxylation sites is 1. The van der Waals surface area contributed by atoms with E-state index < -0.39 is 10.8 Å². The van der Waals surface area contributed by atoms with E-state index in [1.807, 2.05) is 19.1 Å². The van der Waals surface area contributed by atoms with Crippen molar-refractivity contribution >= 4 is 40.5 Å². The predicted molar refractivity (Wildman–Crippen MR) is 82.2 cm³/mol. The standard InChI is InChI=1S/C14H10Cl2N2O3/c1-8-4-2-3-5-12(8)17-14(19)10-6-9(18(20)21)7-11(15)13(10)16/h2-7H,1H3,(H,17,19). The number of nitro groups is 1. The van der Waals surface area contributed by atoms with Crippen LogP contribution in [0.2, 0.25) is 10.0 Å². The zero-order valence-electron chi connectivity index (χ0n) is 10.9. The fourth-order valence-electron chi connectivity index (χ4n) is 1.75. The number of aryl methyl sites for hydroxylation is 1. The average Bonchev–Trinajstić information content (AvgIpc) is 2.43. The summed E-state index contributed by atoms with van der Waals surface area (Å²) >= 11 is 11.8. The molecule has 7 heteroatoms. The molecular formula is C14H10Cl2N2O3. The van der Waals surface area contributed by atoms with Crippen LogP contribution in [0.15, 0.2) is 36.4 Å². The molecule has 0 unspecified atom stereocenters. The molecule has 0 radical (unpaired) electrons. The van der Waals surface area contributed by atoms with Crippen LogP contribution >= 0.6 is 23.2 Å². The van der Waals surface area contributed by atoms with Crippen molar-refractivity contribution in [2.24, 2.45) is 0 Å². The van der Waals surface area contributed by atoms with Gasteiger partial charge >= 0.3 is 0 Å². The molecule has 0 atom stereocenters. The first kappa shape index (κ1) is 15.3. The number of carbonyl (C=O) groups excluding carboxylic acids is 1. The lowest BCUT2D eigenvalue weighted by atomic mass is 10.1. The Morgan fingerprint density at radius 3 is 2.52 bits per heavy atom. The summed E-state index contributed by atoms with van der Waals surface area (Å²) in [4.78, 5) is 22.4. The van der Waals surface area contributed by atoms with E-state index in [1.54, 1.807) is 12.1 Å². The fraction of sp³-hybridized carbons (Fsp3) is 0.0714. The average molecular weight is 325 g/mol. The summed E-state index contributed by atoms with van der Waals surface area (Å²) in [5.74, 6) is -0.556. The SMILES string of the molecule is Cc1ccccc1NC(=O)c1cc([N+](=O)[O-])cc(Cl)c1Cl. The van der Waals surface area contributed by atoms with Gasteiger partial charge in [-0.2, -0.15) is 0 Å². The lowest BCUT2D eigenvalue weighted by Gasteiger charge is -2.09. The molecule has 108 valence electrons. The number of hydrogen-bond acceptors (Lipinski definition) is 3. The summed E-state index contributed by atoms with van der Waals surface area (Å²) in [6, 6.07) is 9.36. The minimum absolute atomic E-state index is 0.0200. The van der Waals surface area contributed by atoms with E-state index in [4.69, 9.17) is 23.2 Å². The number of rotatable bonds is 3. The summed E-state index contributed by atoms with van der Waals surface area (Å²) in [6.07, 6.45) is 0. The fourth-order valence-corrected chi connectivity index (χ4v) is 2.16. The monoisotopic (exact) mass is 324 g/mol. The minimum atomic E-state index is -0.632. The van der Waals surface area contributed by atoms with Gasteiger partial charge in [0.05, 0.1) is 20.5 Å². The summed E-state index contributed by atoms with van der Waals surface area (Å²) in [6.45, 7) is 1.83. The van der Waals surface area contributed by atoms with E-state index >= 15 is 0 Å². The van der Waals surface area contributed by atoms with Gasteiger partial charge < -0.3 is 5.32 Å². The Morgan fingerprint density at radius 1 is 1.24 bits per heavy atom. The second-order valence-electron chi connectivity index (χ2n) is 4.32. The Morgan fingerprint density at radius 2 is 1.90 bits per heavy atom. The van der Waals surface area contributed by atoms with Crippen molar-refractivity contribution in [3.05, 3.63) is 67.7 Å². The van der Waals surface area contributed by atoms with Crippen LogP contribution in [0.4, 0.5) is 11.4 Å². The predicted octanol–water partition coefficient (Wildman–Crippen LogP) is 4.46. The van der Waals surface area contributed by atoms with Crippen molar-refractivity contribution in [2.45, 2.75) is 6.92 Å². The molecule has 2 aromatic rings. The molecule has 1 amide bonds. The summed E-state index contributed by atoms with van der Waals surface area (Å²) in [5, 5.41) is 13.4. The molecule has 0 aliphatic carbocycles. The van der Waals surface area contributed by atoms with Gasteiger partial charge in [0.15, 0.2) is 0 Å². The zero-order chi connectivity index (χ0) is 15.6. The third-order valence-corrected chi connectivity index (χ3v) is 3.66. The van der Waals surface area contributed by atoms with Crippen LogP contribution in [0.25, 0.3) is 0 Å². The molecule has 21 heavy (non-hydrogen) atoms. The van der Waals surface area contributed by atoms with E-state index in [0.717, 1.165) is 17.7 Å². The maximum absolute atomic E-state index is 12.2. The largest absolute Gasteiger partial charge is 0.322 e. The van der Waals surface area contributed by atoms with Gasteiger partial charge in [-0.1, -0.05) is 41.4 Å². The van der Waals surface area contributed by atoms with Crippen molar-refractivity contribution in [3.8, 4) is 0 Å². The van der Waals surface area contributed by atoms with Gasteiger partial charge in [-0.15, -0.1) is 0 Å². The van der Waals surface area contributed by atoms with Crippen LogP contribution in [0.3, 0.4) is 0 Å². The molecule has 0 aromatic heterocycles. The molecule has 2 rings (SSSR count). The van der Waals surface area contributed by atoms with Crippen LogP contribution in [0.1, 0.15) is 15.9 Å². The first-order valence-corrected chi connectivity index (χ1v) is 6.66. The number of nitrogens with one attached hydrogen (secondary N) is 1. The number of amides is 1. The first-order valence-electron chi connectivity index (χ1n) is 5.90. The van der Waals surface area contributed by atoms with Crippen LogP contribution in [-0.4, -0.2) is 10.8 Å². The number of hydrogen-bond donors (Lipinski definition) is 1. The van der Waals surface area contributed by atoms with Crippen molar-refractivity contribution in [2.75, 3.05) is 5.32 Å². The van der Waals surface area contributed by atoms with Gasteiger partial charge in [-0.25, -0.2) is 0 Å². The minimum Gasteiger partial charge on any atom is -0.322 e. The Hall–Kier alpha value is -2.11. The smallest absolute Gasteiger partial charge is 0.271 e. The Balaban J connectivity index is 2.39. The molecule has 0 aliphatic heterocycles. The van der Waals surface area contributed by atoms with Crippen LogP contribution in [0, 0.1) is 17.0 Å².